The Bertz CT molecular complexity index is 263. The fourth-order valence-corrected chi connectivity index (χ4v) is 0.811. The normalized spacial score (nSPS) is 13.2. The smallest absolute Gasteiger partial charge is 0.341 e. The number of nitrogens with one attached hydrogen (secondary N) is 2. The Hall–Kier alpha value is -0.620. The van der Waals surface area contributed by atoms with Crippen molar-refractivity contribution in [2.24, 2.45) is 0 Å². The molecule has 13 heavy (non-hydrogen) atoms. The predicted molar refractivity (Wildman–Crippen MR) is 44.3 cm³/mol. The van der Waals surface area contributed by atoms with Crippen LogP contribution >= 0.6 is 19.2 Å². The molecular weight excluding hydrogens is 222 g/mol. The van der Waals surface area contributed by atoms with Gasteiger partial charge in [0.2, 0.25) is 5.12 Å². The van der Waals surface area contributed by atoms with Crippen LogP contribution in [0.2, 0.25) is 0 Å². The van der Waals surface area contributed by atoms with Gasteiger partial charge in [-0.05, 0) is 0 Å². The van der Waals surface area contributed by atoms with Gasteiger partial charge in [0.25, 0.3) is 5.91 Å². The molecular formula is C4H8ClN2O5P. The zero-order valence-corrected chi connectivity index (χ0v) is 8.17. The Balaban J connectivity index is 4.29. The monoisotopic (exact) mass is 230 g/mol. The number of hydrogen-bond acceptors (Lipinski definition) is 3. The van der Waals surface area contributed by atoms with Crippen molar-refractivity contribution < 1.29 is 23.9 Å². The van der Waals surface area contributed by atoms with Gasteiger partial charge in [-0.2, -0.15) is 0 Å². The molecule has 9 heteroatoms. The number of hydrogen-bond donors (Lipinski definition) is 4. The van der Waals surface area contributed by atoms with Gasteiger partial charge in [0.05, 0.1) is 0 Å². The molecule has 4 N–H and O–H groups in total. The van der Waals surface area contributed by atoms with E-state index in [9.17, 15) is 14.2 Å². The average Bonchev–Trinajstić information content (AvgIpc) is 2.01. The largest absolute Gasteiger partial charge is 0.352 e. The molecule has 0 saturated carbocycles. The summed E-state index contributed by atoms with van der Waals surface area (Å²) in [5.41, 5.74) is 0. The highest BCUT2D eigenvalue weighted by Gasteiger charge is 2.34. The Morgan fingerprint density at radius 3 is 2.23 bits per heavy atom. The summed E-state index contributed by atoms with van der Waals surface area (Å²) >= 11 is 5.05. The van der Waals surface area contributed by atoms with Crippen LogP contribution in [0.4, 0.5) is 4.79 Å². The van der Waals surface area contributed by atoms with E-state index in [-0.39, 0.29) is 0 Å². The van der Waals surface area contributed by atoms with Gasteiger partial charge in [-0.25, -0.2) is 4.79 Å². The lowest BCUT2D eigenvalue weighted by Crippen LogP contribution is -2.41. The second-order valence-corrected chi connectivity index (χ2v) is 4.43. The summed E-state index contributed by atoms with van der Waals surface area (Å²) in [5.74, 6) is -1.24. The molecule has 0 spiro atoms. The Labute approximate surface area is 78.6 Å². The second kappa shape index (κ2) is 4.57. The topological polar surface area (TPSA) is 116 Å². The Morgan fingerprint density at radius 2 is 1.92 bits per heavy atom. The number of halogens is 1. The van der Waals surface area contributed by atoms with E-state index in [0.29, 0.717) is 0 Å². The molecule has 0 radical (unpaired) electrons. The number of rotatable bonds is 2. The van der Waals surface area contributed by atoms with Crippen molar-refractivity contribution in [1.82, 2.24) is 10.6 Å². The fraction of sp³-hybridized carbons (Fsp3) is 0.500. The summed E-state index contributed by atoms with van der Waals surface area (Å²) in [6.07, 6.45) is 0. The molecule has 0 aromatic carbocycles. The van der Waals surface area contributed by atoms with E-state index < -0.39 is 24.7 Å². The molecule has 0 bridgehead atoms. The van der Waals surface area contributed by atoms with Crippen LogP contribution in [0.1, 0.15) is 0 Å². The van der Waals surface area contributed by atoms with Gasteiger partial charge in [0.1, 0.15) is 0 Å². The Morgan fingerprint density at radius 1 is 1.46 bits per heavy atom. The first-order valence-corrected chi connectivity index (χ1v) is 5.12. The van der Waals surface area contributed by atoms with E-state index in [1.54, 1.807) is 5.32 Å². The van der Waals surface area contributed by atoms with Gasteiger partial charge >= 0.3 is 13.6 Å². The van der Waals surface area contributed by atoms with Gasteiger partial charge in [0, 0.05) is 7.05 Å². The summed E-state index contributed by atoms with van der Waals surface area (Å²) < 4.78 is 10.4. The van der Waals surface area contributed by atoms with E-state index in [1.165, 1.54) is 7.05 Å². The van der Waals surface area contributed by atoms with Crippen LogP contribution in [0.5, 0.6) is 0 Å². The number of urea groups is 1. The minimum Gasteiger partial charge on any atom is -0.341 e. The molecule has 0 aromatic heterocycles. The molecule has 0 aliphatic heterocycles. The van der Waals surface area contributed by atoms with Gasteiger partial charge in [0.15, 0.2) is 0 Å². The standard InChI is InChI=1S/C4H8ClN2O5P/c1-6-4(9)7-3(8)2(5)13(10,11)12/h2H,1H3,(H2,10,11,12)(H2,6,7,8,9)/t2-/m0/s1. The SMILES string of the molecule is CNC(=O)NC(=O)[C@@H](Cl)P(=O)(O)O. The maximum atomic E-state index is 10.8. The first kappa shape index (κ1) is 12.4. The maximum Gasteiger partial charge on any atom is 0.352 e. The van der Waals surface area contributed by atoms with Gasteiger partial charge < -0.3 is 15.1 Å². The molecule has 0 unspecified atom stereocenters. The third kappa shape index (κ3) is 4.23. The highest BCUT2D eigenvalue weighted by atomic mass is 35.5. The first-order valence-electron chi connectivity index (χ1n) is 3.01. The summed E-state index contributed by atoms with van der Waals surface area (Å²) in [6, 6.07) is -0.885. The van der Waals surface area contributed by atoms with Gasteiger partial charge in [-0.3, -0.25) is 14.7 Å². The molecule has 0 saturated heterocycles. The van der Waals surface area contributed by atoms with Crippen LogP contribution < -0.4 is 10.6 Å². The summed E-state index contributed by atoms with van der Waals surface area (Å²) in [4.78, 5) is 38.1. The third-order valence-corrected chi connectivity index (χ3v) is 2.76. The lowest BCUT2D eigenvalue weighted by atomic mass is 10.7. The van der Waals surface area contributed by atoms with E-state index in [0.717, 1.165) is 0 Å². The lowest BCUT2D eigenvalue weighted by Gasteiger charge is -2.10. The van der Waals surface area contributed by atoms with Crippen molar-refractivity contribution in [1.29, 1.82) is 0 Å². The molecule has 0 fully saturated rings. The van der Waals surface area contributed by atoms with Crippen LogP contribution in [0.3, 0.4) is 0 Å². The molecule has 0 heterocycles. The molecule has 3 amide bonds. The lowest BCUT2D eigenvalue weighted by molar-refractivity contribution is -0.118. The number of alkyl halides is 1. The highest BCUT2D eigenvalue weighted by molar-refractivity contribution is 7.55. The second-order valence-electron chi connectivity index (χ2n) is 1.99. The molecule has 0 aliphatic rings. The fourth-order valence-electron chi connectivity index (χ4n) is 0.387. The van der Waals surface area contributed by atoms with Crippen LogP contribution in [-0.4, -0.2) is 33.9 Å². The van der Waals surface area contributed by atoms with Crippen LogP contribution in [0.15, 0.2) is 0 Å². The molecule has 76 valence electrons. The van der Waals surface area contributed by atoms with Gasteiger partial charge in [-0.15, -0.1) is 0 Å². The molecule has 0 aromatic rings. The van der Waals surface area contributed by atoms with Crippen molar-refractivity contribution in [3.63, 3.8) is 0 Å². The maximum absolute atomic E-state index is 10.8. The molecule has 0 rings (SSSR count). The molecule has 7 nitrogen and oxygen atoms in total. The van der Waals surface area contributed by atoms with Crippen LogP contribution in [-0.2, 0) is 9.36 Å². The first-order chi connectivity index (χ1) is 5.79. The predicted octanol–water partition coefficient (Wildman–Crippen LogP) is -0.815. The van der Waals surface area contributed by atoms with E-state index in [1.807, 2.05) is 5.32 Å². The number of carbonyl (C=O) groups is 2. The van der Waals surface area contributed by atoms with E-state index in [4.69, 9.17) is 21.4 Å². The zero-order valence-electron chi connectivity index (χ0n) is 6.52. The highest BCUT2D eigenvalue weighted by Crippen LogP contribution is 2.43. The van der Waals surface area contributed by atoms with E-state index >= 15 is 0 Å². The zero-order chi connectivity index (χ0) is 10.6. The number of imide groups is 1. The number of amides is 3. The summed E-state index contributed by atoms with van der Waals surface area (Å²) in [7, 11) is -3.47. The van der Waals surface area contributed by atoms with E-state index in [2.05, 4.69) is 0 Å². The Kier molecular flexibility index (Phi) is 4.35. The van der Waals surface area contributed by atoms with Crippen molar-refractivity contribution in [2.75, 3.05) is 7.05 Å². The quantitative estimate of drug-likeness (QED) is 0.366. The average molecular weight is 231 g/mol. The minimum absolute atomic E-state index is 0.885. The minimum atomic E-state index is -4.71. The van der Waals surface area contributed by atoms with Crippen molar-refractivity contribution >= 4 is 31.1 Å². The molecule has 0 aliphatic carbocycles. The van der Waals surface area contributed by atoms with Crippen molar-refractivity contribution in [3.8, 4) is 0 Å². The van der Waals surface area contributed by atoms with Crippen molar-refractivity contribution in [3.05, 3.63) is 0 Å². The summed E-state index contributed by atoms with van der Waals surface area (Å²) in [5, 5.41) is 1.59. The third-order valence-electron chi connectivity index (χ3n) is 0.975. The number of carbonyl (C=O) groups excluding carboxylic acids is 2. The molecule has 1 atom stereocenters. The van der Waals surface area contributed by atoms with Crippen LogP contribution in [0.25, 0.3) is 0 Å². The summed E-state index contributed by atoms with van der Waals surface area (Å²) in [6.45, 7) is 0. The van der Waals surface area contributed by atoms with Crippen LogP contribution in [0, 0.1) is 0 Å². The van der Waals surface area contributed by atoms with Crippen molar-refractivity contribution in [2.45, 2.75) is 5.12 Å². The van der Waals surface area contributed by atoms with Gasteiger partial charge in [-0.1, -0.05) is 11.6 Å².